The van der Waals surface area contributed by atoms with Crippen LogP contribution < -0.4 is 5.32 Å². The molecule has 0 spiro atoms. The minimum atomic E-state index is -1.04. The van der Waals surface area contributed by atoms with Gasteiger partial charge in [0.15, 0.2) is 0 Å². The molecule has 1 amide bonds. The smallest absolute Gasteiger partial charge is 0.233 e. The number of alkyl halides is 2. The number of carbonyl (C=O) groups is 1. The fraction of sp³-hybridized carbons (Fsp3) is 0.417. The third-order valence-electron chi connectivity index (χ3n) is 3.13. The minimum Gasteiger partial charge on any atom is -0.323 e. The third-order valence-corrected chi connectivity index (χ3v) is 4.23. The second kappa shape index (κ2) is 3.85. The maximum Gasteiger partial charge on any atom is 0.233 e. The Kier molecular flexibility index (Phi) is 2.87. The first-order valence-corrected chi connectivity index (χ1v) is 5.97. The van der Waals surface area contributed by atoms with Crippen LogP contribution in [-0.2, 0) is 4.79 Å². The summed E-state index contributed by atoms with van der Waals surface area (Å²) in [5, 5.41) is 2.51. The summed E-state index contributed by atoms with van der Waals surface area (Å²) in [6, 6.07) is 4.61. The zero-order chi connectivity index (χ0) is 12.8. The summed E-state index contributed by atoms with van der Waals surface area (Å²) in [5.74, 6) is -0.817. The first-order chi connectivity index (χ1) is 7.76. The van der Waals surface area contributed by atoms with Crippen LogP contribution in [0.25, 0.3) is 0 Å². The molecule has 1 aliphatic rings. The Morgan fingerprint density at radius 3 is 2.53 bits per heavy atom. The molecule has 2 nitrogen and oxygen atoms in total. The van der Waals surface area contributed by atoms with E-state index >= 15 is 0 Å². The van der Waals surface area contributed by atoms with Gasteiger partial charge in [0.05, 0.1) is 11.1 Å². The quantitative estimate of drug-likeness (QED) is 0.821. The molecule has 0 bridgehead atoms. The molecular formula is C12H12Cl2FNO. The van der Waals surface area contributed by atoms with Crippen LogP contribution in [0.15, 0.2) is 18.2 Å². The van der Waals surface area contributed by atoms with Crippen LogP contribution in [-0.4, -0.2) is 10.2 Å². The van der Waals surface area contributed by atoms with Gasteiger partial charge in [-0.05, 0) is 38.0 Å². The van der Waals surface area contributed by atoms with Gasteiger partial charge in [0.2, 0.25) is 5.91 Å². The van der Waals surface area contributed by atoms with Crippen molar-refractivity contribution in [1.29, 1.82) is 0 Å². The van der Waals surface area contributed by atoms with E-state index in [1.54, 1.807) is 19.9 Å². The van der Waals surface area contributed by atoms with Crippen molar-refractivity contribution in [1.82, 2.24) is 0 Å². The Hall–Kier alpha value is -0.800. The van der Waals surface area contributed by atoms with E-state index in [1.165, 1.54) is 12.1 Å². The second-order valence-corrected chi connectivity index (χ2v) is 6.13. The molecule has 1 unspecified atom stereocenters. The largest absolute Gasteiger partial charge is 0.323 e. The molecule has 5 heteroatoms. The van der Waals surface area contributed by atoms with Crippen LogP contribution in [0.1, 0.15) is 18.9 Å². The zero-order valence-electron chi connectivity index (χ0n) is 9.48. The van der Waals surface area contributed by atoms with E-state index in [-0.39, 0.29) is 11.6 Å². The van der Waals surface area contributed by atoms with Crippen molar-refractivity contribution in [3.05, 3.63) is 29.6 Å². The molecular weight excluding hydrogens is 264 g/mol. The molecule has 0 saturated heterocycles. The Balaban J connectivity index is 2.15. The van der Waals surface area contributed by atoms with Gasteiger partial charge in [-0.3, -0.25) is 4.79 Å². The summed E-state index contributed by atoms with van der Waals surface area (Å²) >= 11 is 11.8. The Labute approximate surface area is 109 Å². The highest BCUT2D eigenvalue weighted by atomic mass is 35.5. The predicted molar refractivity (Wildman–Crippen MR) is 66.9 cm³/mol. The van der Waals surface area contributed by atoms with Crippen molar-refractivity contribution in [3.63, 3.8) is 0 Å². The Bertz CT molecular complexity index is 489. The standard InChI is InChI=1S/C12H12Cl2FNO/c1-7-3-4-9(8(15)5-7)16-10(17)11(2)6-12(11,13)14/h3-5H,6H2,1-2H3,(H,16,17). The first-order valence-electron chi connectivity index (χ1n) is 5.22. The predicted octanol–water partition coefficient (Wildman–Crippen LogP) is 3.66. The molecule has 92 valence electrons. The van der Waals surface area contributed by atoms with Gasteiger partial charge in [-0.15, -0.1) is 23.2 Å². The number of carbonyl (C=O) groups excluding carboxylic acids is 1. The van der Waals surface area contributed by atoms with Crippen molar-refractivity contribution in [2.45, 2.75) is 24.6 Å². The normalized spacial score (nSPS) is 25.5. The average molecular weight is 276 g/mol. The van der Waals surface area contributed by atoms with E-state index in [9.17, 15) is 9.18 Å². The van der Waals surface area contributed by atoms with E-state index in [0.29, 0.717) is 6.42 Å². The van der Waals surface area contributed by atoms with E-state index in [1.807, 2.05) is 0 Å². The average Bonchev–Trinajstić information content (AvgIpc) is 2.72. The maximum absolute atomic E-state index is 13.5. The first kappa shape index (κ1) is 12.7. The summed E-state index contributed by atoms with van der Waals surface area (Å²) in [7, 11) is 0. The molecule has 0 heterocycles. The Morgan fingerprint density at radius 1 is 1.47 bits per heavy atom. The van der Waals surface area contributed by atoms with Crippen LogP contribution in [0.2, 0.25) is 0 Å². The summed E-state index contributed by atoms with van der Waals surface area (Å²) in [6.07, 6.45) is 0.377. The van der Waals surface area contributed by atoms with Crippen molar-refractivity contribution in [2.75, 3.05) is 5.32 Å². The molecule has 1 aromatic carbocycles. The van der Waals surface area contributed by atoms with E-state index in [4.69, 9.17) is 23.2 Å². The molecule has 1 aromatic rings. The maximum atomic E-state index is 13.5. The highest BCUT2D eigenvalue weighted by Gasteiger charge is 2.67. The minimum absolute atomic E-state index is 0.151. The summed E-state index contributed by atoms with van der Waals surface area (Å²) < 4.78 is 12.5. The van der Waals surface area contributed by atoms with Gasteiger partial charge in [0, 0.05) is 0 Å². The van der Waals surface area contributed by atoms with Gasteiger partial charge in [-0.1, -0.05) is 6.07 Å². The number of rotatable bonds is 2. The van der Waals surface area contributed by atoms with Crippen molar-refractivity contribution in [2.24, 2.45) is 5.41 Å². The molecule has 1 atom stereocenters. The van der Waals surface area contributed by atoms with Gasteiger partial charge in [-0.25, -0.2) is 4.39 Å². The number of nitrogens with one attached hydrogen (secondary N) is 1. The van der Waals surface area contributed by atoms with E-state index in [0.717, 1.165) is 5.56 Å². The third kappa shape index (κ3) is 2.14. The number of anilines is 1. The fourth-order valence-electron chi connectivity index (χ4n) is 1.63. The van der Waals surface area contributed by atoms with Gasteiger partial charge in [0.1, 0.15) is 10.2 Å². The lowest BCUT2D eigenvalue weighted by Crippen LogP contribution is -2.26. The molecule has 1 aliphatic carbocycles. The molecule has 0 aromatic heterocycles. The number of hydrogen-bond acceptors (Lipinski definition) is 1. The van der Waals surface area contributed by atoms with E-state index < -0.39 is 15.6 Å². The number of halogens is 3. The molecule has 1 fully saturated rings. The number of aryl methyl sites for hydroxylation is 1. The van der Waals surface area contributed by atoms with Gasteiger partial charge < -0.3 is 5.32 Å². The van der Waals surface area contributed by atoms with Crippen LogP contribution in [0.4, 0.5) is 10.1 Å². The van der Waals surface area contributed by atoms with E-state index in [2.05, 4.69) is 5.32 Å². The lowest BCUT2D eigenvalue weighted by molar-refractivity contribution is -0.120. The lowest BCUT2D eigenvalue weighted by Gasteiger charge is -2.13. The van der Waals surface area contributed by atoms with Crippen LogP contribution in [0.5, 0.6) is 0 Å². The van der Waals surface area contributed by atoms with Crippen LogP contribution >= 0.6 is 23.2 Å². The molecule has 1 N–H and O–H groups in total. The molecule has 0 aliphatic heterocycles. The fourth-order valence-corrected chi connectivity index (χ4v) is 2.33. The lowest BCUT2D eigenvalue weighted by atomic mass is 10.1. The molecule has 2 rings (SSSR count). The number of benzene rings is 1. The molecule has 17 heavy (non-hydrogen) atoms. The topological polar surface area (TPSA) is 29.1 Å². The summed E-state index contributed by atoms with van der Waals surface area (Å²) in [5.41, 5.74) is 0.105. The van der Waals surface area contributed by atoms with Gasteiger partial charge >= 0.3 is 0 Å². The second-order valence-electron chi connectivity index (χ2n) is 4.65. The Morgan fingerprint density at radius 2 is 2.06 bits per heavy atom. The highest BCUT2D eigenvalue weighted by Crippen LogP contribution is 2.64. The zero-order valence-corrected chi connectivity index (χ0v) is 11.0. The van der Waals surface area contributed by atoms with Crippen molar-refractivity contribution >= 4 is 34.8 Å². The SMILES string of the molecule is Cc1ccc(NC(=O)C2(C)CC2(Cl)Cl)c(F)c1. The molecule has 1 saturated carbocycles. The summed E-state index contributed by atoms with van der Waals surface area (Å²) in [6.45, 7) is 3.44. The number of hydrogen-bond donors (Lipinski definition) is 1. The highest BCUT2D eigenvalue weighted by molar-refractivity contribution is 6.53. The number of amides is 1. The molecule has 0 radical (unpaired) electrons. The van der Waals surface area contributed by atoms with Gasteiger partial charge in [-0.2, -0.15) is 0 Å². The van der Waals surface area contributed by atoms with Crippen molar-refractivity contribution in [3.8, 4) is 0 Å². The van der Waals surface area contributed by atoms with Gasteiger partial charge in [0.25, 0.3) is 0 Å². The van der Waals surface area contributed by atoms with Crippen LogP contribution in [0, 0.1) is 18.2 Å². The van der Waals surface area contributed by atoms with Crippen LogP contribution in [0.3, 0.4) is 0 Å². The monoisotopic (exact) mass is 275 g/mol. The summed E-state index contributed by atoms with van der Waals surface area (Å²) in [4.78, 5) is 11.9. The van der Waals surface area contributed by atoms with Crippen molar-refractivity contribution < 1.29 is 9.18 Å².